The minimum absolute atomic E-state index is 0.137. The first-order chi connectivity index (χ1) is 27.0. The van der Waals surface area contributed by atoms with E-state index in [9.17, 15) is 10.2 Å². The molecule has 0 heterocycles. The van der Waals surface area contributed by atoms with E-state index < -0.39 is 0 Å². The van der Waals surface area contributed by atoms with Gasteiger partial charge >= 0.3 is 0 Å². The molecule has 0 bridgehead atoms. The van der Waals surface area contributed by atoms with Crippen molar-refractivity contribution in [1.82, 2.24) is 0 Å². The number of methoxy groups -OCH3 is 1. The molecule has 0 radical (unpaired) electrons. The number of benzene rings is 5. The second kappa shape index (κ2) is 23.2. The van der Waals surface area contributed by atoms with Crippen LogP contribution < -0.4 is 18.3 Å². The van der Waals surface area contributed by atoms with Gasteiger partial charge in [0.2, 0.25) is 9.03 Å². The molecule has 9 heteroatoms. The molecule has 0 aliphatic carbocycles. The Hall–Kier alpha value is -4.28. The van der Waals surface area contributed by atoms with Crippen LogP contribution >= 0.6 is 18.1 Å². The third-order valence-corrected chi connectivity index (χ3v) is 10.4. The average molecular weight is 815 g/mol. The van der Waals surface area contributed by atoms with Crippen molar-refractivity contribution in [2.75, 3.05) is 7.11 Å². The molecule has 0 aliphatic rings. The fourth-order valence-electron chi connectivity index (χ4n) is 5.94. The molecule has 0 spiro atoms. The smallest absolute Gasteiger partial charge is 0.275 e. The Morgan fingerprint density at radius 3 is 1.28 bits per heavy atom. The largest absolute Gasteiger partial charge is 0.508 e. The molecular formula is C48H64O7P2. The van der Waals surface area contributed by atoms with Gasteiger partial charge in [-0.05, 0) is 126 Å². The SMILES string of the molecule is COc1cccc(COPOc2cc(C)ccc2C(C)C)c1OPOc1cc(C)ccc1C(C)C.Cc1ccc(C(C)C)c(O)c1.Cc1ccc(C(C)C)c(O)c1. The van der Waals surface area contributed by atoms with Crippen LogP contribution in [-0.2, 0) is 11.1 Å². The van der Waals surface area contributed by atoms with Gasteiger partial charge in [0.05, 0.1) is 13.7 Å². The Labute approximate surface area is 346 Å². The van der Waals surface area contributed by atoms with Gasteiger partial charge in [-0.25, -0.2) is 0 Å². The minimum atomic E-state index is -0.219. The van der Waals surface area contributed by atoms with Gasteiger partial charge in [0, 0.05) is 5.56 Å². The van der Waals surface area contributed by atoms with Crippen molar-refractivity contribution in [3.8, 4) is 34.5 Å². The van der Waals surface area contributed by atoms with Crippen LogP contribution in [0.25, 0.3) is 0 Å². The quantitative estimate of drug-likeness (QED) is 0.0853. The van der Waals surface area contributed by atoms with E-state index >= 15 is 0 Å². The van der Waals surface area contributed by atoms with Crippen LogP contribution in [0.4, 0.5) is 0 Å². The maximum atomic E-state index is 9.46. The molecule has 2 unspecified atom stereocenters. The number of aromatic hydroxyl groups is 2. The van der Waals surface area contributed by atoms with Crippen molar-refractivity contribution >= 4 is 18.1 Å². The number of hydrogen-bond donors (Lipinski definition) is 2. The van der Waals surface area contributed by atoms with Crippen LogP contribution in [0.1, 0.15) is 129 Å². The Morgan fingerprint density at radius 2 is 0.877 bits per heavy atom. The normalized spacial score (nSPS) is 11.3. The fourth-order valence-corrected chi connectivity index (χ4v) is 7.10. The summed E-state index contributed by atoms with van der Waals surface area (Å²) in [5.74, 6) is 5.34. The van der Waals surface area contributed by atoms with E-state index in [2.05, 4.69) is 99.6 Å². The molecule has 5 rings (SSSR count). The summed E-state index contributed by atoms with van der Waals surface area (Å²) in [6.45, 7) is 25.3. The number of phenolic OH excluding ortho intramolecular Hbond substituents is 2. The van der Waals surface area contributed by atoms with E-state index in [-0.39, 0.29) is 18.1 Å². The highest BCUT2D eigenvalue weighted by Crippen LogP contribution is 2.40. The molecule has 0 aliphatic heterocycles. The zero-order valence-corrected chi connectivity index (χ0v) is 38.1. The molecule has 0 saturated carbocycles. The number of aryl methyl sites for hydroxylation is 4. The molecule has 308 valence electrons. The van der Waals surface area contributed by atoms with Crippen LogP contribution in [0.5, 0.6) is 34.5 Å². The van der Waals surface area contributed by atoms with Gasteiger partial charge in [0.15, 0.2) is 11.5 Å². The number of ether oxygens (including phenoxy) is 1. The zero-order chi connectivity index (χ0) is 42.2. The molecule has 5 aromatic carbocycles. The third kappa shape index (κ3) is 14.9. The van der Waals surface area contributed by atoms with Crippen molar-refractivity contribution < 1.29 is 33.0 Å². The van der Waals surface area contributed by atoms with Crippen molar-refractivity contribution in [3.63, 3.8) is 0 Å². The van der Waals surface area contributed by atoms with E-state index in [1.807, 2.05) is 62.4 Å². The highest BCUT2D eigenvalue weighted by molar-refractivity contribution is 7.27. The molecule has 7 nitrogen and oxygen atoms in total. The number of hydrogen-bond acceptors (Lipinski definition) is 7. The Bertz CT molecular complexity index is 1950. The lowest BCUT2D eigenvalue weighted by atomic mass is 10.0. The van der Waals surface area contributed by atoms with Crippen LogP contribution in [-0.4, -0.2) is 17.3 Å². The number of phenols is 2. The lowest BCUT2D eigenvalue weighted by molar-refractivity contribution is 0.312. The van der Waals surface area contributed by atoms with Crippen LogP contribution in [0.15, 0.2) is 91.0 Å². The summed E-state index contributed by atoms with van der Waals surface area (Å²) in [6, 6.07) is 29.9. The van der Waals surface area contributed by atoms with Crippen molar-refractivity contribution in [3.05, 3.63) is 141 Å². The molecule has 2 N–H and O–H groups in total. The number of rotatable bonds is 14. The highest BCUT2D eigenvalue weighted by Gasteiger charge is 2.15. The van der Waals surface area contributed by atoms with Gasteiger partial charge < -0.3 is 33.0 Å². The Morgan fingerprint density at radius 1 is 0.474 bits per heavy atom. The molecule has 0 fully saturated rings. The lowest BCUT2D eigenvalue weighted by Gasteiger charge is -2.17. The summed E-state index contributed by atoms with van der Waals surface area (Å²) in [5.41, 5.74) is 9.77. The minimum Gasteiger partial charge on any atom is -0.508 e. The van der Waals surface area contributed by atoms with Gasteiger partial charge in [-0.1, -0.05) is 116 Å². The Balaban J connectivity index is 0.000000319. The van der Waals surface area contributed by atoms with Crippen molar-refractivity contribution in [1.29, 1.82) is 0 Å². The highest BCUT2D eigenvalue weighted by atomic mass is 31.1. The molecule has 0 amide bonds. The van der Waals surface area contributed by atoms with Crippen LogP contribution in [0, 0.1) is 27.7 Å². The topological polar surface area (TPSA) is 86.6 Å². The van der Waals surface area contributed by atoms with E-state index in [0.717, 1.165) is 56.0 Å². The summed E-state index contributed by atoms with van der Waals surface area (Å²) < 4.78 is 29.6. The maximum absolute atomic E-state index is 9.46. The molecule has 57 heavy (non-hydrogen) atoms. The Kier molecular flexibility index (Phi) is 19.2. The maximum Gasteiger partial charge on any atom is 0.275 e. The van der Waals surface area contributed by atoms with E-state index in [1.165, 1.54) is 5.56 Å². The third-order valence-electron chi connectivity index (χ3n) is 9.21. The lowest BCUT2D eigenvalue weighted by Crippen LogP contribution is -1.98. The summed E-state index contributed by atoms with van der Waals surface area (Å²) >= 11 is 0. The first kappa shape index (κ1) is 47.1. The standard InChI is InChI=1S/C28H36O5P2.2C10H14O/c1-18(2)23-13-11-20(5)15-26(23)31-34-30-17-22-9-8-10-25(29-7)28(22)33-35-32-27-16-21(6)12-14-24(27)19(3)4;2*1-7(2)9-5-4-8(3)6-10(9)11/h8-16,18-19,34-35H,17H2,1-7H3;2*4-7,11H,1-3H3. The second-order valence-electron chi connectivity index (χ2n) is 15.5. The zero-order valence-electron chi connectivity index (χ0n) is 36.1. The van der Waals surface area contributed by atoms with Crippen molar-refractivity contribution in [2.24, 2.45) is 0 Å². The molecular weight excluding hydrogens is 750 g/mol. The predicted molar refractivity (Wildman–Crippen MR) is 241 cm³/mol. The van der Waals surface area contributed by atoms with E-state index in [4.69, 9.17) is 22.8 Å². The average Bonchev–Trinajstić information content (AvgIpc) is 3.13. The monoisotopic (exact) mass is 814 g/mol. The van der Waals surface area contributed by atoms with E-state index in [0.29, 0.717) is 53.3 Å². The van der Waals surface area contributed by atoms with Gasteiger partial charge in [-0.15, -0.1) is 0 Å². The van der Waals surface area contributed by atoms with Gasteiger partial charge in [0.25, 0.3) is 9.03 Å². The fraction of sp³-hybridized carbons (Fsp3) is 0.375. The van der Waals surface area contributed by atoms with Crippen LogP contribution in [0.3, 0.4) is 0 Å². The molecule has 0 saturated heterocycles. The first-order valence-electron chi connectivity index (χ1n) is 19.6. The molecule has 0 aromatic heterocycles. The first-order valence-corrected chi connectivity index (χ1v) is 21.2. The summed E-state index contributed by atoms with van der Waals surface area (Å²) in [4.78, 5) is 0. The molecule has 5 aromatic rings. The van der Waals surface area contributed by atoms with Crippen LogP contribution in [0.2, 0.25) is 0 Å². The summed E-state index contributed by atoms with van der Waals surface area (Å²) in [5, 5.41) is 18.9. The summed E-state index contributed by atoms with van der Waals surface area (Å²) in [6.07, 6.45) is 0. The number of para-hydroxylation sites is 1. The van der Waals surface area contributed by atoms with Gasteiger partial charge in [0.1, 0.15) is 23.0 Å². The van der Waals surface area contributed by atoms with Gasteiger partial charge in [-0.3, -0.25) is 0 Å². The second-order valence-corrected chi connectivity index (χ2v) is 16.8. The summed E-state index contributed by atoms with van der Waals surface area (Å²) in [7, 11) is 1.27. The van der Waals surface area contributed by atoms with Gasteiger partial charge in [-0.2, -0.15) is 0 Å². The van der Waals surface area contributed by atoms with E-state index in [1.54, 1.807) is 19.2 Å². The molecule has 2 atom stereocenters. The van der Waals surface area contributed by atoms with Crippen molar-refractivity contribution in [2.45, 2.75) is 113 Å². The predicted octanol–water partition coefficient (Wildman–Crippen LogP) is 14.3.